The monoisotopic (exact) mass is 278 g/mol. The van der Waals surface area contributed by atoms with Crippen LogP contribution in [-0.4, -0.2) is 19.5 Å². The van der Waals surface area contributed by atoms with Gasteiger partial charge in [-0.15, -0.1) is 0 Å². The minimum Gasteiger partial charge on any atom is -0.353 e. The van der Waals surface area contributed by atoms with Gasteiger partial charge in [0.25, 0.3) is 0 Å². The second-order valence-corrected chi connectivity index (χ2v) is 6.75. The quantitative estimate of drug-likeness (QED) is 0.437. The third-order valence-corrected chi connectivity index (χ3v) is 4.89. The zero-order valence-electron chi connectivity index (χ0n) is 12.9. The van der Waals surface area contributed by atoms with Crippen molar-refractivity contribution in [2.45, 2.75) is 83.3 Å². The number of ether oxygens (including phenoxy) is 2. The van der Waals surface area contributed by atoms with Crippen LogP contribution in [-0.2, 0) is 9.47 Å². The van der Waals surface area contributed by atoms with E-state index >= 15 is 0 Å². The van der Waals surface area contributed by atoms with Gasteiger partial charge in [-0.2, -0.15) is 0 Å². The van der Waals surface area contributed by atoms with Crippen molar-refractivity contribution in [3.8, 4) is 0 Å². The van der Waals surface area contributed by atoms with E-state index in [1.54, 1.807) is 0 Å². The van der Waals surface area contributed by atoms with Crippen LogP contribution in [0.4, 0.5) is 0 Å². The number of hydrogen-bond acceptors (Lipinski definition) is 2. The van der Waals surface area contributed by atoms with E-state index in [4.69, 9.17) is 9.47 Å². The van der Waals surface area contributed by atoms with Gasteiger partial charge in [0.1, 0.15) is 0 Å². The van der Waals surface area contributed by atoms with Crippen LogP contribution in [0.2, 0.25) is 0 Å². The van der Waals surface area contributed by atoms with Gasteiger partial charge in [0.05, 0.1) is 0 Å². The summed E-state index contributed by atoms with van der Waals surface area (Å²) in [7, 11) is 0. The predicted octanol–water partition coefficient (Wildman–Crippen LogP) is 4.98. The summed E-state index contributed by atoms with van der Waals surface area (Å²) in [5.41, 5.74) is 3.67. The summed E-state index contributed by atoms with van der Waals surface area (Å²) in [6.07, 6.45) is 16.2. The first-order chi connectivity index (χ1) is 9.93. The van der Waals surface area contributed by atoms with Gasteiger partial charge in [-0.3, -0.25) is 0 Å². The molecule has 1 saturated heterocycles. The molecule has 3 aliphatic rings. The summed E-state index contributed by atoms with van der Waals surface area (Å²) in [5.74, 6) is 1.01. The van der Waals surface area contributed by atoms with Gasteiger partial charge in [-0.05, 0) is 57.3 Å². The van der Waals surface area contributed by atoms with Crippen molar-refractivity contribution in [2.24, 2.45) is 5.92 Å². The maximum Gasteiger partial charge on any atom is 0.157 e. The van der Waals surface area contributed by atoms with E-state index in [2.05, 4.69) is 0 Å². The molecule has 1 heterocycles. The van der Waals surface area contributed by atoms with Crippen molar-refractivity contribution in [1.29, 1.82) is 0 Å². The fourth-order valence-corrected chi connectivity index (χ4v) is 3.38. The predicted molar refractivity (Wildman–Crippen MR) is 81.6 cm³/mol. The molecule has 3 rings (SSSR count). The first-order valence-corrected chi connectivity index (χ1v) is 8.87. The molecular formula is C18H30O2. The van der Waals surface area contributed by atoms with Crippen LogP contribution in [0.3, 0.4) is 0 Å². The lowest BCUT2D eigenvalue weighted by Crippen LogP contribution is -2.22. The summed E-state index contributed by atoms with van der Waals surface area (Å²) < 4.78 is 11.3. The molecule has 2 atom stereocenters. The Morgan fingerprint density at radius 3 is 2.65 bits per heavy atom. The molecule has 2 nitrogen and oxygen atoms in total. The first kappa shape index (κ1) is 14.6. The lowest BCUT2D eigenvalue weighted by atomic mass is 10.1. The summed E-state index contributed by atoms with van der Waals surface area (Å²) in [6.45, 7) is 1.79. The van der Waals surface area contributed by atoms with Crippen molar-refractivity contribution in [2.75, 3.05) is 13.2 Å². The highest BCUT2D eigenvalue weighted by molar-refractivity contribution is 5.36. The van der Waals surface area contributed by atoms with Crippen LogP contribution in [0.1, 0.15) is 77.0 Å². The molecule has 0 aromatic carbocycles. The van der Waals surface area contributed by atoms with Gasteiger partial charge < -0.3 is 9.47 Å². The van der Waals surface area contributed by atoms with E-state index in [1.165, 1.54) is 70.6 Å². The summed E-state index contributed by atoms with van der Waals surface area (Å²) in [5, 5.41) is 0. The maximum absolute atomic E-state index is 5.76. The maximum atomic E-state index is 5.76. The van der Waals surface area contributed by atoms with Gasteiger partial charge in [0.15, 0.2) is 6.29 Å². The van der Waals surface area contributed by atoms with Gasteiger partial charge in [0.2, 0.25) is 0 Å². The highest BCUT2D eigenvalue weighted by Crippen LogP contribution is 2.50. The largest absolute Gasteiger partial charge is 0.353 e. The van der Waals surface area contributed by atoms with E-state index in [-0.39, 0.29) is 6.29 Å². The van der Waals surface area contributed by atoms with E-state index in [9.17, 15) is 0 Å². The van der Waals surface area contributed by atoms with Gasteiger partial charge >= 0.3 is 0 Å². The first-order valence-electron chi connectivity index (χ1n) is 8.87. The van der Waals surface area contributed by atoms with E-state index in [0.717, 1.165) is 25.6 Å². The van der Waals surface area contributed by atoms with Crippen molar-refractivity contribution in [3.63, 3.8) is 0 Å². The molecule has 0 amide bonds. The second kappa shape index (κ2) is 7.61. The minimum atomic E-state index is 0.104. The van der Waals surface area contributed by atoms with E-state index in [1.807, 2.05) is 11.1 Å². The SMILES string of the molecule is C(CCCOC1CCCCO1)CCCC1CC1=C1CC1. The Bertz CT molecular complexity index is 322. The van der Waals surface area contributed by atoms with Crippen LogP contribution >= 0.6 is 0 Å². The van der Waals surface area contributed by atoms with Gasteiger partial charge in [-0.1, -0.05) is 36.8 Å². The van der Waals surface area contributed by atoms with Crippen molar-refractivity contribution in [3.05, 3.63) is 11.1 Å². The molecule has 1 aliphatic heterocycles. The van der Waals surface area contributed by atoms with Crippen molar-refractivity contribution in [1.82, 2.24) is 0 Å². The molecule has 2 aliphatic carbocycles. The molecular weight excluding hydrogens is 248 g/mol. The van der Waals surface area contributed by atoms with E-state index < -0.39 is 0 Å². The zero-order chi connectivity index (χ0) is 13.6. The average Bonchev–Trinajstić information content (AvgIpc) is 3.36. The molecule has 0 bridgehead atoms. The molecule has 0 aromatic heterocycles. The fraction of sp³-hybridized carbons (Fsp3) is 0.889. The highest BCUT2D eigenvalue weighted by atomic mass is 16.7. The topological polar surface area (TPSA) is 18.5 Å². The second-order valence-electron chi connectivity index (χ2n) is 6.75. The van der Waals surface area contributed by atoms with Gasteiger partial charge in [-0.25, -0.2) is 0 Å². The minimum absolute atomic E-state index is 0.104. The Balaban J connectivity index is 1.10. The lowest BCUT2D eigenvalue weighted by Gasteiger charge is -2.22. The molecule has 2 unspecified atom stereocenters. The Morgan fingerprint density at radius 1 is 1.00 bits per heavy atom. The molecule has 114 valence electrons. The molecule has 0 radical (unpaired) electrons. The molecule has 0 aromatic rings. The molecule has 0 spiro atoms. The molecule has 2 heteroatoms. The number of rotatable bonds is 9. The normalized spacial score (nSPS) is 28.8. The van der Waals surface area contributed by atoms with Crippen LogP contribution in [0.5, 0.6) is 0 Å². The Labute approximate surface area is 123 Å². The fourth-order valence-electron chi connectivity index (χ4n) is 3.38. The standard InChI is InChI=1S/C18H30O2/c1(2-4-8-16-14-17(16)15-10-11-15)3-6-12-19-18-9-5-7-13-20-18/h16,18H,1-14H2. The molecule has 2 saturated carbocycles. The average molecular weight is 278 g/mol. The van der Waals surface area contributed by atoms with Crippen LogP contribution in [0, 0.1) is 5.92 Å². The highest BCUT2D eigenvalue weighted by Gasteiger charge is 2.34. The third kappa shape index (κ3) is 4.89. The summed E-state index contributed by atoms with van der Waals surface area (Å²) in [6, 6.07) is 0. The lowest BCUT2D eigenvalue weighted by molar-refractivity contribution is -0.162. The van der Waals surface area contributed by atoms with Crippen LogP contribution in [0.25, 0.3) is 0 Å². The molecule has 3 fully saturated rings. The summed E-state index contributed by atoms with van der Waals surface area (Å²) in [4.78, 5) is 0. The number of unbranched alkanes of at least 4 members (excludes halogenated alkanes) is 4. The van der Waals surface area contributed by atoms with Crippen molar-refractivity contribution < 1.29 is 9.47 Å². The number of allylic oxidation sites excluding steroid dienone is 2. The smallest absolute Gasteiger partial charge is 0.157 e. The van der Waals surface area contributed by atoms with E-state index in [0.29, 0.717) is 0 Å². The third-order valence-electron chi connectivity index (χ3n) is 4.89. The summed E-state index contributed by atoms with van der Waals surface area (Å²) >= 11 is 0. The Hall–Kier alpha value is -0.340. The van der Waals surface area contributed by atoms with Crippen molar-refractivity contribution >= 4 is 0 Å². The Morgan fingerprint density at radius 2 is 1.85 bits per heavy atom. The van der Waals surface area contributed by atoms with Crippen LogP contribution in [0.15, 0.2) is 11.1 Å². The Kier molecular flexibility index (Phi) is 5.55. The van der Waals surface area contributed by atoms with Gasteiger partial charge in [0, 0.05) is 13.2 Å². The molecule has 20 heavy (non-hydrogen) atoms. The molecule has 0 N–H and O–H groups in total. The zero-order valence-corrected chi connectivity index (χ0v) is 12.9. The number of hydrogen-bond donors (Lipinski definition) is 0. The van der Waals surface area contributed by atoms with Crippen LogP contribution < -0.4 is 0 Å².